The second-order valence-electron chi connectivity index (χ2n) is 9.67. The zero-order valence-electron chi connectivity index (χ0n) is 20.7. The third-order valence-corrected chi connectivity index (χ3v) is 7.37. The van der Waals surface area contributed by atoms with Crippen molar-refractivity contribution >= 4 is 11.8 Å². The summed E-state index contributed by atoms with van der Waals surface area (Å²) in [5.74, 6) is 1.65. The summed E-state index contributed by atoms with van der Waals surface area (Å²) in [7, 11) is 3.93. The Labute approximate surface area is 202 Å². The highest BCUT2D eigenvalue weighted by Crippen LogP contribution is 2.36. The van der Waals surface area contributed by atoms with Crippen molar-refractivity contribution in [3.8, 4) is 5.75 Å². The highest BCUT2D eigenvalue weighted by molar-refractivity contribution is 5.96. The van der Waals surface area contributed by atoms with E-state index in [0.717, 1.165) is 57.6 Å². The van der Waals surface area contributed by atoms with E-state index in [4.69, 9.17) is 4.74 Å². The van der Waals surface area contributed by atoms with Crippen LogP contribution in [0.4, 0.5) is 0 Å². The predicted octanol–water partition coefficient (Wildman–Crippen LogP) is 2.94. The minimum Gasteiger partial charge on any atom is -0.491 e. The Morgan fingerprint density at radius 3 is 2.65 bits per heavy atom. The molecule has 2 aliphatic heterocycles. The first-order valence-corrected chi connectivity index (χ1v) is 12.3. The lowest BCUT2D eigenvalue weighted by atomic mass is 9.88. The van der Waals surface area contributed by atoms with Crippen molar-refractivity contribution in [2.24, 2.45) is 7.05 Å². The number of carbonyl (C=O) groups is 2. The smallest absolute Gasteiger partial charge is 0.257 e. The quantitative estimate of drug-likeness (QED) is 0.679. The van der Waals surface area contributed by atoms with E-state index in [9.17, 15) is 9.59 Å². The van der Waals surface area contributed by atoms with Crippen LogP contribution >= 0.6 is 0 Å². The Hall–Kier alpha value is -2.87. The molecule has 8 heteroatoms. The largest absolute Gasteiger partial charge is 0.491 e. The molecule has 3 heterocycles. The number of fused-ring (bicyclic) bond motifs is 1. The fraction of sp³-hybridized carbons (Fsp3) is 0.577. The molecule has 1 fully saturated rings. The number of hydrogen-bond acceptors (Lipinski definition) is 5. The second kappa shape index (κ2) is 10.6. The lowest BCUT2D eigenvalue weighted by Crippen LogP contribution is -2.52. The Morgan fingerprint density at radius 1 is 1.09 bits per heavy atom. The number of para-hydroxylation sites is 1. The van der Waals surface area contributed by atoms with Crippen molar-refractivity contribution in [3.05, 3.63) is 48.0 Å². The Balaban J connectivity index is 1.63. The number of hydrogen-bond donors (Lipinski definition) is 0. The van der Waals surface area contributed by atoms with Crippen molar-refractivity contribution in [1.29, 1.82) is 0 Å². The van der Waals surface area contributed by atoms with E-state index in [1.165, 1.54) is 0 Å². The van der Waals surface area contributed by atoms with Crippen LogP contribution in [0.15, 0.2) is 36.7 Å². The van der Waals surface area contributed by atoms with E-state index < -0.39 is 0 Å². The van der Waals surface area contributed by atoms with Crippen LogP contribution in [0.2, 0.25) is 0 Å². The molecule has 4 rings (SSSR count). The molecule has 184 valence electrons. The van der Waals surface area contributed by atoms with E-state index in [1.807, 2.05) is 60.6 Å². The number of ether oxygens (including phenoxy) is 1. The molecule has 1 spiro atoms. The fourth-order valence-corrected chi connectivity index (χ4v) is 5.44. The molecular weight excluding hydrogens is 430 g/mol. The first kappa shape index (κ1) is 24.3. The number of imidazole rings is 1. The third kappa shape index (κ3) is 5.27. The van der Waals surface area contributed by atoms with Gasteiger partial charge in [0.2, 0.25) is 5.91 Å². The second-order valence-corrected chi connectivity index (χ2v) is 9.67. The minimum absolute atomic E-state index is 0.0284. The van der Waals surface area contributed by atoms with E-state index in [0.29, 0.717) is 31.0 Å². The van der Waals surface area contributed by atoms with Gasteiger partial charge in [0.15, 0.2) is 0 Å². The summed E-state index contributed by atoms with van der Waals surface area (Å²) in [6, 6.07) is 7.42. The number of likely N-dealkylation sites (N-methyl/N-ethyl adjacent to an activating group) is 1. The molecule has 0 N–H and O–H groups in total. The standard InChI is InChI=1S/C26H37N5O3/c1-21(32)30-14-7-6-11-26(12-8-15-31(26)19-24-27-13-16-28(24)2)20-29(3)25(33)22-9-4-5-10-23(22)34-18-17-30/h4-5,9-10,13,16H,6-8,11-12,14-15,17-20H2,1-3H3/t26-/m1/s1. The molecule has 1 aromatic heterocycles. The molecule has 1 aromatic carbocycles. The van der Waals surface area contributed by atoms with Gasteiger partial charge in [0, 0.05) is 52.0 Å². The van der Waals surface area contributed by atoms with Crippen molar-refractivity contribution in [3.63, 3.8) is 0 Å². The predicted molar refractivity (Wildman–Crippen MR) is 131 cm³/mol. The summed E-state index contributed by atoms with van der Waals surface area (Å²) in [6.45, 7) is 5.65. The van der Waals surface area contributed by atoms with Crippen molar-refractivity contribution in [2.45, 2.75) is 51.1 Å². The molecule has 1 saturated heterocycles. The van der Waals surface area contributed by atoms with Crippen molar-refractivity contribution in [2.75, 3.05) is 39.8 Å². The van der Waals surface area contributed by atoms with Gasteiger partial charge in [-0.15, -0.1) is 0 Å². The van der Waals surface area contributed by atoms with Crippen LogP contribution in [0.5, 0.6) is 5.75 Å². The molecule has 2 aliphatic rings. The lowest BCUT2D eigenvalue weighted by molar-refractivity contribution is -0.129. The molecule has 2 aromatic rings. The lowest BCUT2D eigenvalue weighted by Gasteiger charge is -2.41. The summed E-state index contributed by atoms with van der Waals surface area (Å²) < 4.78 is 8.06. The summed E-state index contributed by atoms with van der Waals surface area (Å²) in [5, 5.41) is 0. The SMILES string of the molecule is CC(=O)N1CCCC[C@@]2(CCCN2Cc2nccn2C)CN(C)C(=O)c2ccccc2OCC1. The van der Waals surface area contributed by atoms with Gasteiger partial charge >= 0.3 is 0 Å². The van der Waals surface area contributed by atoms with Gasteiger partial charge in [-0.1, -0.05) is 12.1 Å². The van der Waals surface area contributed by atoms with Crippen LogP contribution < -0.4 is 4.74 Å². The van der Waals surface area contributed by atoms with Crippen LogP contribution in [0.25, 0.3) is 0 Å². The first-order valence-electron chi connectivity index (χ1n) is 12.3. The van der Waals surface area contributed by atoms with E-state index in [1.54, 1.807) is 6.92 Å². The average molecular weight is 468 g/mol. The van der Waals surface area contributed by atoms with Crippen molar-refractivity contribution < 1.29 is 14.3 Å². The summed E-state index contributed by atoms with van der Waals surface area (Å²) >= 11 is 0. The summed E-state index contributed by atoms with van der Waals surface area (Å²) in [5.41, 5.74) is 0.456. The number of amides is 2. The summed E-state index contributed by atoms with van der Waals surface area (Å²) in [6.07, 6.45) is 8.89. The summed E-state index contributed by atoms with van der Waals surface area (Å²) in [4.78, 5) is 36.5. The van der Waals surface area contributed by atoms with E-state index in [2.05, 4.69) is 14.5 Å². The molecule has 1 atom stereocenters. The van der Waals surface area contributed by atoms with Crippen LogP contribution in [-0.2, 0) is 18.4 Å². The molecule has 0 unspecified atom stereocenters. The molecule has 8 nitrogen and oxygen atoms in total. The number of nitrogens with zero attached hydrogens (tertiary/aromatic N) is 5. The van der Waals surface area contributed by atoms with Gasteiger partial charge in [-0.2, -0.15) is 0 Å². The Kier molecular flexibility index (Phi) is 7.56. The number of aryl methyl sites for hydroxylation is 1. The third-order valence-electron chi connectivity index (χ3n) is 7.37. The maximum atomic E-state index is 13.5. The molecule has 0 bridgehead atoms. The van der Waals surface area contributed by atoms with Gasteiger partial charge in [-0.25, -0.2) is 4.98 Å². The first-order chi connectivity index (χ1) is 16.4. The highest BCUT2D eigenvalue weighted by Gasteiger charge is 2.42. The number of carbonyl (C=O) groups excluding carboxylic acids is 2. The minimum atomic E-state index is -0.114. The monoisotopic (exact) mass is 467 g/mol. The van der Waals surface area contributed by atoms with Crippen LogP contribution in [-0.4, -0.2) is 81.4 Å². The Bertz CT molecular complexity index is 1010. The zero-order valence-corrected chi connectivity index (χ0v) is 20.7. The van der Waals surface area contributed by atoms with Crippen LogP contribution in [0.1, 0.15) is 55.2 Å². The molecule has 0 radical (unpaired) electrons. The van der Waals surface area contributed by atoms with E-state index in [-0.39, 0.29) is 17.4 Å². The average Bonchev–Trinajstić information content (AvgIpc) is 3.40. The van der Waals surface area contributed by atoms with Crippen molar-refractivity contribution in [1.82, 2.24) is 24.3 Å². The van der Waals surface area contributed by atoms with Crippen LogP contribution in [0.3, 0.4) is 0 Å². The number of benzene rings is 1. The van der Waals surface area contributed by atoms with E-state index >= 15 is 0 Å². The molecule has 0 aliphatic carbocycles. The van der Waals surface area contributed by atoms with Crippen LogP contribution in [0, 0.1) is 0 Å². The highest BCUT2D eigenvalue weighted by atomic mass is 16.5. The van der Waals surface area contributed by atoms with Gasteiger partial charge in [-0.3, -0.25) is 14.5 Å². The topological polar surface area (TPSA) is 70.9 Å². The molecular formula is C26H37N5O3. The number of likely N-dealkylation sites (tertiary alicyclic amines) is 1. The van der Waals surface area contributed by atoms with Gasteiger partial charge < -0.3 is 19.1 Å². The zero-order chi connectivity index (χ0) is 24.1. The molecule has 0 saturated carbocycles. The normalized spacial score (nSPS) is 23.0. The van der Waals surface area contributed by atoms with Gasteiger partial charge in [0.1, 0.15) is 18.2 Å². The molecule has 34 heavy (non-hydrogen) atoms. The maximum absolute atomic E-state index is 13.5. The number of aromatic nitrogens is 2. The Morgan fingerprint density at radius 2 is 1.88 bits per heavy atom. The number of rotatable bonds is 2. The maximum Gasteiger partial charge on any atom is 0.257 e. The molecule has 2 amide bonds. The van der Waals surface area contributed by atoms with Gasteiger partial charge in [0.05, 0.1) is 18.7 Å². The fourth-order valence-electron chi connectivity index (χ4n) is 5.44. The van der Waals surface area contributed by atoms with Gasteiger partial charge in [-0.05, 0) is 50.8 Å². The van der Waals surface area contributed by atoms with Gasteiger partial charge in [0.25, 0.3) is 5.91 Å².